The summed E-state index contributed by atoms with van der Waals surface area (Å²) >= 11 is 0. The molecule has 0 aliphatic heterocycles. The van der Waals surface area contributed by atoms with E-state index in [-0.39, 0.29) is 11.9 Å². The summed E-state index contributed by atoms with van der Waals surface area (Å²) in [4.78, 5) is 25.8. The highest BCUT2D eigenvalue weighted by Crippen LogP contribution is 2.27. The zero-order chi connectivity index (χ0) is 19.9. The molecule has 2 unspecified atom stereocenters. The normalized spacial score (nSPS) is 11.3. The van der Waals surface area contributed by atoms with E-state index < -0.39 is 11.9 Å². The SMILES string of the molecule is Cc1cc(C)c(C(=O)C(C(=O)OC(C)C)c2ccccc2)c(C)c1.O=[PH2+]. The van der Waals surface area contributed by atoms with Gasteiger partial charge in [0, 0.05) is 5.56 Å². The molecule has 0 amide bonds. The fourth-order valence-corrected chi connectivity index (χ4v) is 3.05. The summed E-state index contributed by atoms with van der Waals surface area (Å²) in [6.07, 6.45) is -0.267. The smallest absolute Gasteiger partial charge is 0.321 e. The lowest BCUT2D eigenvalue weighted by molar-refractivity contribution is -0.147. The van der Waals surface area contributed by atoms with Crippen LogP contribution < -0.4 is 0 Å². The molecular weight excluding hydrogens is 347 g/mol. The average molecular weight is 373 g/mol. The van der Waals surface area contributed by atoms with Gasteiger partial charge in [-0.3, -0.25) is 9.59 Å². The molecule has 0 saturated heterocycles. The van der Waals surface area contributed by atoms with Crippen LogP contribution in [0.15, 0.2) is 42.5 Å². The lowest BCUT2D eigenvalue weighted by Crippen LogP contribution is -2.27. The van der Waals surface area contributed by atoms with Gasteiger partial charge < -0.3 is 4.74 Å². The molecule has 2 aromatic rings. The third kappa shape index (κ3) is 5.34. The zero-order valence-corrected chi connectivity index (χ0v) is 17.1. The van der Waals surface area contributed by atoms with Gasteiger partial charge in [0.2, 0.25) is 0 Å². The number of carbonyl (C=O) groups excluding carboxylic acids is 2. The van der Waals surface area contributed by atoms with Crippen molar-refractivity contribution in [2.75, 3.05) is 0 Å². The van der Waals surface area contributed by atoms with Crippen LogP contribution in [0.25, 0.3) is 0 Å². The van der Waals surface area contributed by atoms with Crippen molar-refractivity contribution in [2.24, 2.45) is 0 Å². The Morgan fingerprint density at radius 2 is 1.42 bits per heavy atom. The Morgan fingerprint density at radius 3 is 1.88 bits per heavy atom. The van der Waals surface area contributed by atoms with E-state index in [1.807, 2.05) is 51.1 Å². The first-order valence-electron chi connectivity index (χ1n) is 8.42. The van der Waals surface area contributed by atoms with Crippen LogP contribution in [0.5, 0.6) is 0 Å². The van der Waals surface area contributed by atoms with Gasteiger partial charge in [0.15, 0.2) is 5.78 Å². The molecule has 0 bridgehead atoms. The molecular formula is C21H26O4P+. The maximum Gasteiger partial charge on any atom is 0.321 e. The summed E-state index contributed by atoms with van der Waals surface area (Å²) in [6.45, 7) is 9.38. The van der Waals surface area contributed by atoms with Crippen molar-refractivity contribution < 1.29 is 18.9 Å². The van der Waals surface area contributed by atoms with Crippen LogP contribution in [0.4, 0.5) is 0 Å². The van der Waals surface area contributed by atoms with Crippen LogP contribution in [0.1, 0.15) is 52.4 Å². The monoisotopic (exact) mass is 373 g/mol. The van der Waals surface area contributed by atoms with Crippen molar-refractivity contribution in [3.8, 4) is 0 Å². The number of rotatable bonds is 5. The van der Waals surface area contributed by atoms with E-state index in [0.717, 1.165) is 16.7 Å². The molecule has 0 aliphatic rings. The number of ether oxygens (including phenoxy) is 1. The van der Waals surface area contributed by atoms with Crippen molar-refractivity contribution in [1.82, 2.24) is 0 Å². The minimum absolute atomic E-state index is 0.207. The molecule has 0 fully saturated rings. The van der Waals surface area contributed by atoms with E-state index in [0.29, 0.717) is 11.1 Å². The Morgan fingerprint density at radius 1 is 0.923 bits per heavy atom. The second-order valence-corrected chi connectivity index (χ2v) is 6.47. The van der Waals surface area contributed by atoms with Crippen LogP contribution in [0.2, 0.25) is 0 Å². The molecule has 0 N–H and O–H groups in total. The topological polar surface area (TPSA) is 60.4 Å². The first kappa shape index (κ1) is 21.7. The molecule has 138 valence electrons. The largest absolute Gasteiger partial charge is 0.462 e. The van der Waals surface area contributed by atoms with Gasteiger partial charge in [0.25, 0.3) is 0 Å². The molecule has 2 aromatic carbocycles. The highest BCUT2D eigenvalue weighted by Gasteiger charge is 2.33. The Hall–Kier alpha value is -2.32. The number of hydrogen-bond acceptors (Lipinski definition) is 4. The Bertz CT molecular complexity index is 746. The number of hydrogen-bond donors (Lipinski definition) is 0. The fraction of sp³-hybridized carbons (Fsp3) is 0.333. The molecule has 0 heterocycles. The van der Waals surface area contributed by atoms with Gasteiger partial charge in [0.05, 0.1) is 6.10 Å². The summed E-state index contributed by atoms with van der Waals surface area (Å²) < 4.78 is 13.5. The van der Waals surface area contributed by atoms with E-state index in [4.69, 9.17) is 9.30 Å². The lowest BCUT2D eigenvalue weighted by Gasteiger charge is -2.19. The minimum Gasteiger partial charge on any atom is -0.462 e. The number of benzene rings is 2. The number of aryl methyl sites for hydroxylation is 3. The van der Waals surface area contributed by atoms with E-state index in [1.165, 1.54) is 9.12 Å². The van der Waals surface area contributed by atoms with Crippen molar-refractivity contribution in [3.63, 3.8) is 0 Å². The van der Waals surface area contributed by atoms with Crippen LogP contribution >= 0.6 is 9.12 Å². The highest BCUT2D eigenvalue weighted by atomic mass is 31.0. The number of esters is 1. The maximum absolute atomic E-state index is 13.2. The summed E-state index contributed by atoms with van der Waals surface area (Å²) in [5, 5.41) is 0. The van der Waals surface area contributed by atoms with E-state index in [1.54, 1.807) is 26.0 Å². The fourth-order valence-electron chi connectivity index (χ4n) is 3.05. The lowest BCUT2D eigenvalue weighted by atomic mass is 9.86. The summed E-state index contributed by atoms with van der Waals surface area (Å²) in [5.74, 6) is -1.64. The van der Waals surface area contributed by atoms with Gasteiger partial charge in [-0.2, -0.15) is 0 Å². The number of ketones is 1. The number of Topliss-reactive ketones (excluding diaryl/α,β-unsaturated/α-hetero) is 1. The standard InChI is InChI=1S/C21H24O3.H2OP/c1-13(2)24-21(23)19(17-9-7-6-8-10-17)20(22)18-15(4)11-14(3)12-16(18)5;1-2/h6-13,19H,1-5H3;2H2/q;+1. The maximum atomic E-state index is 13.2. The van der Waals surface area contributed by atoms with Crippen molar-refractivity contribution >= 4 is 20.9 Å². The minimum atomic E-state index is -0.936. The summed E-state index contributed by atoms with van der Waals surface area (Å²) in [5.41, 5.74) is 4.14. The third-order valence-electron chi connectivity index (χ3n) is 3.91. The first-order valence-corrected chi connectivity index (χ1v) is 8.89. The predicted molar refractivity (Wildman–Crippen MR) is 106 cm³/mol. The van der Waals surface area contributed by atoms with E-state index in [2.05, 4.69) is 0 Å². The number of carbonyl (C=O) groups is 2. The van der Waals surface area contributed by atoms with Crippen LogP contribution in [-0.2, 0) is 14.1 Å². The van der Waals surface area contributed by atoms with Gasteiger partial charge in [-0.1, -0.05) is 52.6 Å². The summed E-state index contributed by atoms with van der Waals surface area (Å²) in [6, 6.07) is 13.0. The molecule has 2 rings (SSSR count). The van der Waals surface area contributed by atoms with E-state index >= 15 is 0 Å². The van der Waals surface area contributed by atoms with Crippen LogP contribution in [0, 0.1) is 20.8 Å². The molecule has 4 nitrogen and oxygen atoms in total. The van der Waals surface area contributed by atoms with Crippen molar-refractivity contribution in [2.45, 2.75) is 46.6 Å². The summed E-state index contributed by atoms with van der Waals surface area (Å²) in [7, 11) is 1.17. The second-order valence-electron chi connectivity index (χ2n) is 6.47. The average Bonchev–Trinajstić information content (AvgIpc) is 2.56. The second kappa shape index (κ2) is 9.98. The molecule has 0 saturated carbocycles. The van der Waals surface area contributed by atoms with Crippen molar-refractivity contribution in [3.05, 3.63) is 70.3 Å². The molecule has 0 aliphatic carbocycles. The molecule has 26 heavy (non-hydrogen) atoms. The van der Waals surface area contributed by atoms with Crippen LogP contribution in [-0.4, -0.2) is 17.9 Å². The molecule has 0 radical (unpaired) electrons. The van der Waals surface area contributed by atoms with Gasteiger partial charge >= 0.3 is 15.1 Å². The first-order chi connectivity index (χ1) is 12.3. The van der Waals surface area contributed by atoms with Gasteiger partial charge in [-0.05, 0) is 51.3 Å². The molecule has 0 aromatic heterocycles. The Kier molecular flexibility index (Phi) is 8.34. The van der Waals surface area contributed by atoms with Gasteiger partial charge in [0.1, 0.15) is 5.92 Å². The van der Waals surface area contributed by atoms with Crippen molar-refractivity contribution in [1.29, 1.82) is 0 Å². The Balaban J connectivity index is 0.00000163. The highest BCUT2D eigenvalue weighted by molar-refractivity contribution is 7.00. The Labute approximate surface area is 157 Å². The molecule has 2 atom stereocenters. The molecule has 0 spiro atoms. The zero-order valence-electron chi connectivity index (χ0n) is 15.9. The van der Waals surface area contributed by atoms with Crippen LogP contribution in [0.3, 0.4) is 0 Å². The predicted octanol–water partition coefficient (Wildman–Crippen LogP) is 4.74. The van der Waals surface area contributed by atoms with E-state index in [9.17, 15) is 9.59 Å². The van der Waals surface area contributed by atoms with Gasteiger partial charge in [-0.25, -0.2) is 0 Å². The van der Waals surface area contributed by atoms with Gasteiger partial charge in [-0.15, -0.1) is 0 Å². The quantitative estimate of drug-likeness (QED) is 0.329. The third-order valence-corrected chi connectivity index (χ3v) is 3.91. The molecule has 5 heteroatoms.